The number of anilines is 1. The second-order valence-corrected chi connectivity index (χ2v) is 7.30. The zero-order valence-electron chi connectivity index (χ0n) is 12.3. The number of benzene rings is 1. The number of likely N-dealkylation sites (tertiary alicyclic amines) is 1. The minimum Gasteiger partial charge on any atom is -0.381 e. The Hall–Kier alpha value is -1.11. The maximum atomic E-state index is 11.4. The van der Waals surface area contributed by atoms with Crippen LogP contribution >= 0.6 is 0 Å². The largest absolute Gasteiger partial charge is 0.381 e. The van der Waals surface area contributed by atoms with Crippen molar-refractivity contribution in [1.82, 2.24) is 4.90 Å². The maximum absolute atomic E-state index is 11.4. The summed E-state index contributed by atoms with van der Waals surface area (Å²) >= 11 is 0. The van der Waals surface area contributed by atoms with Crippen LogP contribution in [0.4, 0.5) is 5.69 Å². The minimum atomic E-state index is -3.65. The van der Waals surface area contributed by atoms with Crippen molar-refractivity contribution < 1.29 is 8.42 Å². The van der Waals surface area contributed by atoms with Crippen LogP contribution in [0.2, 0.25) is 0 Å². The lowest BCUT2D eigenvalue weighted by molar-refractivity contribution is 0.274. The standard InChI is InChI=1S/C14H23N3O2S/c1-10(2)17-7-6-12(9-17)16-14-8-13(20(15,18)19)5-4-11(14)3/h4-5,8,10,12,16H,6-7,9H2,1-3H3,(H2,15,18,19). The fourth-order valence-electron chi connectivity index (χ4n) is 2.53. The van der Waals surface area contributed by atoms with Gasteiger partial charge in [0.1, 0.15) is 0 Å². The molecule has 1 fully saturated rings. The molecule has 0 aliphatic carbocycles. The highest BCUT2D eigenvalue weighted by Crippen LogP contribution is 2.23. The Bertz CT molecular complexity index is 584. The molecule has 112 valence electrons. The number of sulfonamides is 1. The quantitative estimate of drug-likeness (QED) is 0.884. The molecule has 0 aromatic heterocycles. The topological polar surface area (TPSA) is 75.4 Å². The molecule has 1 atom stereocenters. The van der Waals surface area contributed by atoms with E-state index in [4.69, 9.17) is 5.14 Å². The first-order valence-corrected chi connectivity index (χ1v) is 8.46. The maximum Gasteiger partial charge on any atom is 0.238 e. The van der Waals surface area contributed by atoms with Crippen molar-refractivity contribution in [3.8, 4) is 0 Å². The molecule has 1 unspecified atom stereocenters. The number of primary sulfonamides is 1. The third-order valence-electron chi connectivity index (χ3n) is 3.85. The molecule has 0 spiro atoms. The molecule has 1 saturated heterocycles. The average molecular weight is 297 g/mol. The van der Waals surface area contributed by atoms with Gasteiger partial charge in [0, 0.05) is 30.9 Å². The summed E-state index contributed by atoms with van der Waals surface area (Å²) in [5.74, 6) is 0. The first-order chi connectivity index (χ1) is 9.27. The smallest absolute Gasteiger partial charge is 0.238 e. The molecule has 0 bridgehead atoms. The van der Waals surface area contributed by atoms with E-state index >= 15 is 0 Å². The Morgan fingerprint density at radius 3 is 2.65 bits per heavy atom. The SMILES string of the molecule is Cc1ccc(S(N)(=O)=O)cc1NC1CCN(C(C)C)C1. The normalized spacial score (nSPS) is 20.6. The monoisotopic (exact) mass is 297 g/mol. The fraction of sp³-hybridized carbons (Fsp3) is 0.571. The lowest BCUT2D eigenvalue weighted by atomic mass is 10.1. The predicted octanol–water partition coefficient (Wildman–Crippen LogP) is 1.54. The summed E-state index contributed by atoms with van der Waals surface area (Å²) in [6.45, 7) is 8.40. The molecule has 0 saturated carbocycles. The zero-order chi connectivity index (χ0) is 14.9. The van der Waals surface area contributed by atoms with Crippen LogP contribution in [-0.2, 0) is 10.0 Å². The number of nitrogens with zero attached hydrogens (tertiary/aromatic N) is 1. The third kappa shape index (κ3) is 3.50. The fourth-order valence-corrected chi connectivity index (χ4v) is 3.07. The first-order valence-electron chi connectivity index (χ1n) is 6.91. The summed E-state index contributed by atoms with van der Waals surface area (Å²) in [4.78, 5) is 2.57. The second kappa shape index (κ2) is 5.71. The molecule has 1 aromatic carbocycles. The number of aryl methyl sites for hydroxylation is 1. The lowest BCUT2D eigenvalue weighted by Crippen LogP contribution is -2.31. The van der Waals surface area contributed by atoms with Gasteiger partial charge in [0.25, 0.3) is 0 Å². The van der Waals surface area contributed by atoms with Crippen molar-refractivity contribution in [2.75, 3.05) is 18.4 Å². The molecule has 20 heavy (non-hydrogen) atoms. The Morgan fingerprint density at radius 2 is 2.10 bits per heavy atom. The third-order valence-corrected chi connectivity index (χ3v) is 4.76. The van der Waals surface area contributed by atoms with Crippen LogP contribution in [0, 0.1) is 6.92 Å². The number of rotatable bonds is 4. The van der Waals surface area contributed by atoms with Gasteiger partial charge in [-0.25, -0.2) is 13.6 Å². The second-order valence-electron chi connectivity index (χ2n) is 5.74. The predicted molar refractivity (Wildman–Crippen MR) is 81.3 cm³/mol. The Balaban J connectivity index is 2.14. The van der Waals surface area contributed by atoms with E-state index in [1.165, 1.54) is 0 Å². The molecule has 0 radical (unpaired) electrons. The lowest BCUT2D eigenvalue weighted by Gasteiger charge is -2.21. The Labute approximate surface area is 121 Å². The van der Waals surface area contributed by atoms with Gasteiger partial charge in [-0.15, -0.1) is 0 Å². The van der Waals surface area contributed by atoms with Crippen molar-refractivity contribution in [3.05, 3.63) is 23.8 Å². The zero-order valence-corrected chi connectivity index (χ0v) is 13.1. The molecular formula is C14H23N3O2S. The van der Waals surface area contributed by atoms with Gasteiger partial charge in [0.2, 0.25) is 10.0 Å². The van der Waals surface area contributed by atoms with E-state index in [9.17, 15) is 8.42 Å². The first kappa shape index (κ1) is 15.3. The van der Waals surface area contributed by atoms with Gasteiger partial charge in [-0.05, 0) is 44.9 Å². The molecule has 5 nitrogen and oxygen atoms in total. The summed E-state index contributed by atoms with van der Waals surface area (Å²) < 4.78 is 22.8. The Kier molecular flexibility index (Phi) is 4.36. The van der Waals surface area contributed by atoms with Crippen LogP contribution in [0.15, 0.2) is 23.1 Å². The van der Waals surface area contributed by atoms with E-state index in [1.54, 1.807) is 18.2 Å². The van der Waals surface area contributed by atoms with Crippen LogP contribution in [-0.4, -0.2) is 38.5 Å². The Morgan fingerprint density at radius 1 is 1.40 bits per heavy atom. The van der Waals surface area contributed by atoms with Crippen molar-refractivity contribution in [2.45, 2.75) is 44.2 Å². The van der Waals surface area contributed by atoms with E-state index < -0.39 is 10.0 Å². The van der Waals surface area contributed by atoms with Crippen LogP contribution in [0.5, 0.6) is 0 Å². The number of nitrogens with two attached hydrogens (primary N) is 1. The molecule has 6 heteroatoms. The molecular weight excluding hydrogens is 274 g/mol. The molecule has 1 heterocycles. The minimum absolute atomic E-state index is 0.157. The van der Waals surface area contributed by atoms with E-state index in [2.05, 4.69) is 24.1 Å². The van der Waals surface area contributed by atoms with Gasteiger partial charge in [-0.2, -0.15) is 0 Å². The van der Waals surface area contributed by atoms with Gasteiger partial charge in [-0.1, -0.05) is 6.07 Å². The highest BCUT2D eigenvalue weighted by Gasteiger charge is 2.24. The average Bonchev–Trinajstić information content (AvgIpc) is 2.79. The summed E-state index contributed by atoms with van der Waals surface area (Å²) in [5.41, 5.74) is 1.88. The number of hydrogen-bond acceptors (Lipinski definition) is 4. The van der Waals surface area contributed by atoms with Gasteiger partial charge in [0.15, 0.2) is 0 Å². The molecule has 2 rings (SSSR count). The highest BCUT2D eigenvalue weighted by atomic mass is 32.2. The van der Waals surface area contributed by atoms with E-state index in [-0.39, 0.29) is 4.90 Å². The molecule has 1 aliphatic rings. The van der Waals surface area contributed by atoms with Crippen molar-refractivity contribution in [1.29, 1.82) is 0 Å². The molecule has 3 N–H and O–H groups in total. The molecule has 0 amide bonds. The number of hydrogen-bond donors (Lipinski definition) is 2. The van der Waals surface area contributed by atoms with Crippen LogP contribution in [0.25, 0.3) is 0 Å². The van der Waals surface area contributed by atoms with Crippen LogP contribution < -0.4 is 10.5 Å². The highest BCUT2D eigenvalue weighted by molar-refractivity contribution is 7.89. The summed E-state index contributed by atoms with van der Waals surface area (Å²) in [6, 6.07) is 5.86. The molecule has 1 aromatic rings. The molecule has 1 aliphatic heterocycles. The summed E-state index contributed by atoms with van der Waals surface area (Å²) in [5, 5.41) is 8.63. The van der Waals surface area contributed by atoms with Crippen molar-refractivity contribution >= 4 is 15.7 Å². The van der Waals surface area contributed by atoms with Crippen LogP contribution in [0.3, 0.4) is 0 Å². The van der Waals surface area contributed by atoms with E-state index in [0.29, 0.717) is 12.1 Å². The van der Waals surface area contributed by atoms with Crippen molar-refractivity contribution in [3.63, 3.8) is 0 Å². The number of nitrogens with one attached hydrogen (secondary N) is 1. The van der Waals surface area contributed by atoms with Crippen molar-refractivity contribution in [2.24, 2.45) is 5.14 Å². The van der Waals surface area contributed by atoms with E-state index in [0.717, 1.165) is 30.8 Å². The van der Waals surface area contributed by atoms with Crippen LogP contribution in [0.1, 0.15) is 25.8 Å². The summed E-state index contributed by atoms with van der Waals surface area (Å²) in [7, 11) is -3.65. The van der Waals surface area contributed by atoms with Gasteiger partial charge in [-0.3, -0.25) is 4.90 Å². The summed E-state index contributed by atoms with van der Waals surface area (Å²) in [6.07, 6.45) is 1.07. The van der Waals surface area contributed by atoms with Gasteiger partial charge < -0.3 is 5.32 Å². The van der Waals surface area contributed by atoms with Gasteiger partial charge in [0.05, 0.1) is 4.90 Å². The van der Waals surface area contributed by atoms with Gasteiger partial charge >= 0.3 is 0 Å². The van der Waals surface area contributed by atoms with E-state index in [1.807, 2.05) is 6.92 Å².